The molecule has 1 aliphatic rings. The molecule has 0 spiro atoms. The molecule has 1 aromatic rings. The van der Waals surface area contributed by atoms with Gasteiger partial charge in [0.1, 0.15) is 11.5 Å². The van der Waals surface area contributed by atoms with E-state index in [1.165, 1.54) is 4.90 Å². The van der Waals surface area contributed by atoms with Crippen LogP contribution in [0.1, 0.15) is 19.3 Å². The number of likely N-dealkylation sites (tertiary alicyclic amines) is 1. The largest absolute Gasteiger partial charge is 0.497 e. The normalized spacial score (nSPS) is 20.3. The number of aliphatic carboxylic acids is 1. The van der Waals surface area contributed by atoms with Crippen LogP contribution in [-0.2, 0) is 9.59 Å². The number of carboxylic acid groups (broad SMARTS) is 1. The summed E-state index contributed by atoms with van der Waals surface area (Å²) in [5.74, 6) is -0.345. The lowest BCUT2D eigenvalue weighted by molar-refractivity contribution is -0.150. The van der Waals surface area contributed by atoms with Crippen molar-refractivity contribution < 1.29 is 28.6 Å². The van der Waals surface area contributed by atoms with Crippen LogP contribution in [0.15, 0.2) is 24.3 Å². The van der Waals surface area contributed by atoms with Crippen molar-refractivity contribution in [3.05, 3.63) is 24.3 Å². The summed E-state index contributed by atoms with van der Waals surface area (Å²) >= 11 is 0. The van der Waals surface area contributed by atoms with Crippen LogP contribution in [0, 0.1) is 0 Å². The minimum Gasteiger partial charge on any atom is -0.497 e. The first-order chi connectivity index (χ1) is 10.9. The predicted molar refractivity (Wildman–Crippen MR) is 80.4 cm³/mol. The fourth-order valence-corrected chi connectivity index (χ4v) is 2.40. The molecule has 6 nitrogen and oxygen atoms in total. The second-order valence-corrected chi connectivity index (χ2v) is 5.46. The van der Waals surface area contributed by atoms with E-state index < -0.39 is 11.6 Å². The van der Waals surface area contributed by atoms with Gasteiger partial charge in [0.2, 0.25) is 11.6 Å². The van der Waals surface area contributed by atoms with Crippen LogP contribution in [-0.4, -0.2) is 54.4 Å². The molecule has 0 aromatic heterocycles. The third-order valence-electron chi connectivity index (χ3n) is 3.82. The van der Waals surface area contributed by atoms with Crippen molar-refractivity contribution in [2.24, 2.45) is 0 Å². The van der Waals surface area contributed by atoms with E-state index in [2.05, 4.69) is 0 Å². The second kappa shape index (κ2) is 7.30. The molecule has 1 amide bonds. The number of ether oxygens (including phenoxy) is 2. The summed E-state index contributed by atoms with van der Waals surface area (Å²) in [5, 5.41) is 8.81. The Labute approximate surface area is 133 Å². The van der Waals surface area contributed by atoms with Crippen molar-refractivity contribution in [2.45, 2.75) is 24.9 Å². The smallest absolute Gasteiger partial charge is 0.343 e. The molecule has 1 aromatic carbocycles. The lowest BCUT2D eigenvalue weighted by atomic mass is 10.1. The molecule has 1 N–H and O–H groups in total. The van der Waals surface area contributed by atoms with Crippen LogP contribution in [0.2, 0.25) is 0 Å². The highest BCUT2D eigenvalue weighted by atomic mass is 19.1. The maximum Gasteiger partial charge on any atom is 0.343 e. The summed E-state index contributed by atoms with van der Waals surface area (Å²) in [7, 11) is 1.58. The van der Waals surface area contributed by atoms with Gasteiger partial charge in [-0.1, -0.05) is 0 Å². The van der Waals surface area contributed by atoms with Gasteiger partial charge in [-0.3, -0.25) is 4.79 Å². The maximum atomic E-state index is 13.9. The highest BCUT2D eigenvalue weighted by molar-refractivity contribution is 5.82. The summed E-state index contributed by atoms with van der Waals surface area (Å²) in [6.07, 6.45) is 0.524. The fraction of sp³-hybridized carbons (Fsp3) is 0.500. The quantitative estimate of drug-likeness (QED) is 0.775. The van der Waals surface area contributed by atoms with Crippen molar-refractivity contribution in [3.8, 4) is 11.5 Å². The summed E-state index contributed by atoms with van der Waals surface area (Å²) in [6, 6.07) is 7.09. The number of carboxylic acids is 1. The number of rotatable bonds is 7. The predicted octanol–water partition coefficient (Wildman–Crippen LogP) is 1.88. The number of halogens is 1. The number of hydrogen-bond donors (Lipinski definition) is 1. The third kappa shape index (κ3) is 4.34. The Morgan fingerprint density at radius 1 is 1.30 bits per heavy atom. The number of nitrogens with zero attached hydrogens (tertiary/aromatic N) is 1. The number of amides is 1. The van der Waals surface area contributed by atoms with E-state index in [0.717, 1.165) is 5.75 Å². The number of methoxy groups -OCH3 is 1. The summed E-state index contributed by atoms with van der Waals surface area (Å²) in [6.45, 7) is 0.118. The molecule has 0 bridgehead atoms. The first-order valence-corrected chi connectivity index (χ1v) is 7.41. The van der Waals surface area contributed by atoms with Gasteiger partial charge in [-0.15, -0.1) is 0 Å². The Kier molecular flexibility index (Phi) is 5.41. The average molecular weight is 325 g/mol. The molecule has 1 fully saturated rings. The Hall–Kier alpha value is -2.31. The standard InChI is InChI=1S/C16H20FNO5/c1-22-12-4-6-13(7-5-12)23-10-2-3-14(19)18-9-8-16(17,11-18)15(20)21/h4-7H,2-3,8-11H2,1H3,(H,20,21). The average Bonchev–Trinajstić information content (AvgIpc) is 2.96. The Bertz CT molecular complexity index is 562. The van der Waals surface area contributed by atoms with Crippen molar-refractivity contribution in [1.82, 2.24) is 4.90 Å². The number of carbonyl (C=O) groups excluding carboxylic acids is 1. The SMILES string of the molecule is COc1ccc(OCCCC(=O)N2CCC(F)(C(=O)O)C2)cc1. The number of alkyl halides is 1. The highest BCUT2D eigenvalue weighted by Gasteiger charge is 2.46. The molecule has 1 aliphatic heterocycles. The zero-order valence-electron chi connectivity index (χ0n) is 13.0. The van der Waals surface area contributed by atoms with Crippen LogP contribution >= 0.6 is 0 Å². The molecule has 1 atom stereocenters. The van der Waals surface area contributed by atoms with E-state index in [1.807, 2.05) is 0 Å². The van der Waals surface area contributed by atoms with Crippen LogP contribution in [0.4, 0.5) is 4.39 Å². The monoisotopic (exact) mass is 325 g/mol. The third-order valence-corrected chi connectivity index (χ3v) is 3.82. The molecule has 1 saturated heterocycles. The Balaban J connectivity index is 1.70. The minimum absolute atomic E-state index is 0.140. The maximum absolute atomic E-state index is 13.9. The molecule has 7 heteroatoms. The van der Waals surface area contributed by atoms with Gasteiger partial charge >= 0.3 is 5.97 Å². The Morgan fingerprint density at radius 3 is 2.52 bits per heavy atom. The zero-order chi connectivity index (χ0) is 16.9. The van der Waals surface area contributed by atoms with E-state index >= 15 is 0 Å². The van der Waals surface area contributed by atoms with E-state index in [1.54, 1.807) is 31.4 Å². The molecule has 126 valence electrons. The van der Waals surface area contributed by atoms with E-state index in [4.69, 9.17) is 14.6 Å². The Morgan fingerprint density at radius 2 is 1.96 bits per heavy atom. The van der Waals surface area contributed by atoms with Crippen LogP contribution in [0.3, 0.4) is 0 Å². The zero-order valence-corrected chi connectivity index (χ0v) is 13.0. The summed E-state index contributed by atoms with van der Waals surface area (Å²) in [5.41, 5.74) is -2.31. The molecule has 1 heterocycles. The number of carbonyl (C=O) groups is 2. The van der Waals surface area contributed by atoms with Gasteiger partial charge in [-0.25, -0.2) is 9.18 Å². The van der Waals surface area contributed by atoms with E-state index in [9.17, 15) is 14.0 Å². The van der Waals surface area contributed by atoms with Gasteiger partial charge < -0.3 is 19.5 Å². The van der Waals surface area contributed by atoms with Gasteiger partial charge in [0.05, 0.1) is 20.3 Å². The van der Waals surface area contributed by atoms with Gasteiger partial charge in [-0.2, -0.15) is 0 Å². The second-order valence-electron chi connectivity index (χ2n) is 5.46. The van der Waals surface area contributed by atoms with E-state index in [-0.39, 0.29) is 31.8 Å². The molecule has 0 saturated carbocycles. The molecular weight excluding hydrogens is 305 g/mol. The molecule has 2 rings (SSSR count). The molecule has 23 heavy (non-hydrogen) atoms. The first kappa shape index (κ1) is 17.1. The molecule has 0 radical (unpaired) electrons. The molecule has 1 unspecified atom stereocenters. The topological polar surface area (TPSA) is 76.1 Å². The number of benzene rings is 1. The van der Waals surface area contributed by atoms with Crippen LogP contribution < -0.4 is 9.47 Å². The van der Waals surface area contributed by atoms with Gasteiger partial charge in [0.25, 0.3) is 0 Å². The molecule has 0 aliphatic carbocycles. The van der Waals surface area contributed by atoms with Crippen molar-refractivity contribution >= 4 is 11.9 Å². The lowest BCUT2D eigenvalue weighted by Gasteiger charge is -2.17. The minimum atomic E-state index is -2.31. The van der Waals surface area contributed by atoms with Crippen molar-refractivity contribution in [2.75, 3.05) is 26.8 Å². The van der Waals surface area contributed by atoms with Gasteiger partial charge in [-0.05, 0) is 30.7 Å². The van der Waals surface area contributed by atoms with Crippen molar-refractivity contribution in [3.63, 3.8) is 0 Å². The van der Waals surface area contributed by atoms with Crippen LogP contribution in [0.5, 0.6) is 11.5 Å². The van der Waals surface area contributed by atoms with Gasteiger partial charge in [0, 0.05) is 19.4 Å². The van der Waals surface area contributed by atoms with E-state index in [0.29, 0.717) is 18.8 Å². The lowest BCUT2D eigenvalue weighted by Crippen LogP contribution is -2.38. The van der Waals surface area contributed by atoms with Gasteiger partial charge in [0.15, 0.2) is 0 Å². The fourth-order valence-electron chi connectivity index (χ4n) is 2.40. The molecular formula is C16H20FNO5. The highest BCUT2D eigenvalue weighted by Crippen LogP contribution is 2.26. The van der Waals surface area contributed by atoms with Crippen LogP contribution in [0.25, 0.3) is 0 Å². The summed E-state index contributed by atoms with van der Waals surface area (Å²) in [4.78, 5) is 24.0. The number of hydrogen-bond acceptors (Lipinski definition) is 4. The first-order valence-electron chi connectivity index (χ1n) is 7.41. The summed E-state index contributed by atoms with van der Waals surface area (Å²) < 4.78 is 24.4. The van der Waals surface area contributed by atoms with Crippen molar-refractivity contribution in [1.29, 1.82) is 0 Å².